The van der Waals surface area contributed by atoms with E-state index in [9.17, 15) is 5.11 Å². The van der Waals surface area contributed by atoms with E-state index in [1.165, 1.54) is 0 Å². The Morgan fingerprint density at radius 3 is 2.48 bits per heavy atom. The fourth-order valence-electron chi connectivity index (χ4n) is 2.36. The highest BCUT2D eigenvalue weighted by atomic mass is 35.5. The van der Waals surface area contributed by atoms with Crippen molar-refractivity contribution in [2.24, 2.45) is 0 Å². The van der Waals surface area contributed by atoms with Crippen LogP contribution in [-0.4, -0.2) is 10.9 Å². The summed E-state index contributed by atoms with van der Waals surface area (Å²) in [6.45, 7) is 0. The van der Waals surface area contributed by atoms with Crippen LogP contribution in [0.2, 0.25) is 5.02 Å². The summed E-state index contributed by atoms with van der Waals surface area (Å²) in [5, 5.41) is 13.5. The van der Waals surface area contributed by atoms with E-state index in [0.29, 0.717) is 5.75 Å². The molecule has 0 aliphatic heterocycles. The molecule has 1 unspecified atom stereocenters. The minimum atomic E-state index is -0.516. The van der Waals surface area contributed by atoms with Crippen molar-refractivity contribution in [1.29, 1.82) is 0 Å². The molecule has 0 saturated carbocycles. The van der Waals surface area contributed by atoms with E-state index in [0.717, 1.165) is 26.3 Å². The van der Waals surface area contributed by atoms with E-state index < -0.39 is 6.10 Å². The van der Waals surface area contributed by atoms with Crippen LogP contribution in [0, 0.1) is 0 Å². The molecule has 3 aromatic carbocycles. The lowest BCUT2D eigenvalue weighted by Crippen LogP contribution is -2.01. The fraction of sp³-hybridized carbons (Fsp3) is 0.111. The summed E-state index contributed by atoms with van der Waals surface area (Å²) in [5.41, 5.74) is 0.965. The molecule has 1 N–H and O–H groups in total. The fourth-order valence-corrected chi connectivity index (χ4v) is 3.56. The highest BCUT2D eigenvalue weighted by molar-refractivity contribution is 7.99. The van der Waals surface area contributed by atoms with Crippen molar-refractivity contribution in [3.63, 3.8) is 0 Å². The molecule has 3 rings (SSSR count). The molecule has 3 heteroatoms. The zero-order chi connectivity index (χ0) is 14.7. The predicted molar refractivity (Wildman–Crippen MR) is 91.1 cm³/mol. The molecule has 0 amide bonds. The van der Waals surface area contributed by atoms with Crippen LogP contribution in [0.4, 0.5) is 0 Å². The summed E-state index contributed by atoms with van der Waals surface area (Å²) in [6.07, 6.45) is -0.516. The van der Waals surface area contributed by atoms with E-state index in [1.54, 1.807) is 11.8 Å². The minimum absolute atomic E-state index is 0.516. The van der Waals surface area contributed by atoms with Crippen LogP contribution in [0.1, 0.15) is 11.7 Å². The summed E-state index contributed by atoms with van der Waals surface area (Å²) in [7, 11) is 0. The SMILES string of the molecule is OC(CSc1ccccc1Cl)c1cccc2ccccc12. The number of hydrogen-bond acceptors (Lipinski definition) is 2. The lowest BCUT2D eigenvalue weighted by Gasteiger charge is -2.14. The van der Waals surface area contributed by atoms with Crippen LogP contribution in [0.3, 0.4) is 0 Å². The zero-order valence-electron chi connectivity index (χ0n) is 11.4. The lowest BCUT2D eigenvalue weighted by atomic mass is 10.0. The topological polar surface area (TPSA) is 20.2 Å². The van der Waals surface area contributed by atoms with Crippen LogP contribution in [-0.2, 0) is 0 Å². The largest absolute Gasteiger partial charge is 0.388 e. The van der Waals surface area contributed by atoms with Crippen molar-refractivity contribution in [2.75, 3.05) is 5.75 Å². The van der Waals surface area contributed by atoms with Crippen molar-refractivity contribution < 1.29 is 5.11 Å². The Balaban J connectivity index is 1.81. The van der Waals surface area contributed by atoms with E-state index in [4.69, 9.17) is 11.6 Å². The molecule has 0 radical (unpaired) electrons. The first-order valence-electron chi connectivity index (χ1n) is 6.79. The van der Waals surface area contributed by atoms with E-state index in [2.05, 4.69) is 12.1 Å². The highest BCUT2D eigenvalue weighted by Gasteiger charge is 2.12. The zero-order valence-corrected chi connectivity index (χ0v) is 12.9. The average molecular weight is 315 g/mol. The Kier molecular flexibility index (Phi) is 4.49. The predicted octanol–water partition coefficient (Wildman–Crippen LogP) is 5.32. The Morgan fingerprint density at radius 1 is 0.905 bits per heavy atom. The first kappa shape index (κ1) is 14.5. The molecule has 1 nitrogen and oxygen atoms in total. The Hall–Kier alpha value is -1.48. The number of aliphatic hydroxyl groups excluding tert-OH is 1. The Bertz CT molecular complexity index is 752. The number of hydrogen-bond donors (Lipinski definition) is 1. The maximum absolute atomic E-state index is 10.5. The summed E-state index contributed by atoms with van der Waals surface area (Å²) in [5.74, 6) is 0.581. The van der Waals surface area contributed by atoms with Crippen molar-refractivity contribution in [2.45, 2.75) is 11.0 Å². The number of benzene rings is 3. The van der Waals surface area contributed by atoms with Crippen LogP contribution in [0.25, 0.3) is 10.8 Å². The molecular formula is C18H15ClOS. The second-order valence-electron chi connectivity index (χ2n) is 4.83. The summed E-state index contributed by atoms with van der Waals surface area (Å²) in [4.78, 5) is 0.999. The second kappa shape index (κ2) is 6.52. The van der Waals surface area contributed by atoms with Gasteiger partial charge in [-0.1, -0.05) is 66.2 Å². The molecule has 0 bridgehead atoms. The molecular weight excluding hydrogens is 300 g/mol. The second-order valence-corrected chi connectivity index (χ2v) is 6.29. The summed E-state index contributed by atoms with van der Waals surface area (Å²) in [6, 6.07) is 21.9. The van der Waals surface area contributed by atoms with Gasteiger partial charge < -0.3 is 5.11 Å². The third-order valence-corrected chi connectivity index (χ3v) is 5.01. The lowest BCUT2D eigenvalue weighted by molar-refractivity contribution is 0.205. The molecule has 0 fully saturated rings. The number of aliphatic hydroxyl groups is 1. The van der Waals surface area contributed by atoms with Crippen LogP contribution in [0.15, 0.2) is 71.6 Å². The molecule has 0 aliphatic rings. The number of rotatable bonds is 4. The number of thioether (sulfide) groups is 1. The standard InChI is InChI=1S/C18H15ClOS/c19-16-10-3-4-11-18(16)21-12-17(20)15-9-5-7-13-6-1-2-8-14(13)15/h1-11,17,20H,12H2. The highest BCUT2D eigenvalue weighted by Crippen LogP contribution is 2.32. The van der Waals surface area contributed by atoms with Crippen LogP contribution >= 0.6 is 23.4 Å². The van der Waals surface area contributed by atoms with E-state index in [1.807, 2.05) is 54.6 Å². The molecule has 0 spiro atoms. The third-order valence-electron chi connectivity index (χ3n) is 3.42. The van der Waals surface area contributed by atoms with Gasteiger partial charge in [-0.15, -0.1) is 11.8 Å². The Morgan fingerprint density at radius 2 is 1.62 bits per heavy atom. The van der Waals surface area contributed by atoms with Crippen LogP contribution in [0.5, 0.6) is 0 Å². The van der Waals surface area contributed by atoms with Gasteiger partial charge in [0, 0.05) is 10.6 Å². The molecule has 0 saturated heterocycles. The van der Waals surface area contributed by atoms with Gasteiger partial charge in [0.1, 0.15) is 0 Å². The van der Waals surface area contributed by atoms with Gasteiger partial charge in [-0.3, -0.25) is 0 Å². The summed E-state index contributed by atoms with van der Waals surface area (Å²) >= 11 is 7.72. The molecule has 0 aromatic heterocycles. The van der Waals surface area contributed by atoms with E-state index in [-0.39, 0.29) is 0 Å². The van der Waals surface area contributed by atoms with Gasteiger partial charge in [-0.2, -0.15) is 0 Å². The van der Waals surface area contributed by atoms with Gasteiger partial charge in [-0.25, -0.2) is 0 Å². The Labute approximate surface area is 133 Å². The first-order valence-corrected chi connectivity index (χ1v) is 8.15. The van der Waals surface area contributed by atoms with Crippen molar-refractivity contribution in [3.05, 3.63) is 77.3 Å². The van der Waals surface area contributed by atoms with Gasteiger partial charge in [0.15, 0.2) is 0 Å². The van der Waals surface area contributed by atoms with Crippen molar-refractivity contribution in [1.82, 2.24) is 0 Å². The van der Waals surface area contributed by atoms with Gasteiger partial charge in [0.05, 0.1) is 11.1 Å². The van der Waals surface area contributed by atoms with Gasteiger partial charge >= 0.3 is 0 Å². The van der Waals surface area contributed by atoms with Crippen molar-refractivity contribution >= 4 is 34.1 Å². The third kappa shape index (κ3) is 3.24. The number of fused-ring (bicyclic) bond motifs is 1. The van der Waals surface area contributed by atoms with Gasteiger partial charge in [-0.05, 0) is 28.5 Å². The molecule has 21 heavy (non-hydrogen) atoms. The minimum Gasteiger partial charge on any atom is -0.388 e. The molecule has 1 atom stereocenters. The smallest absolute Gasteiger partial charge is 0.0889 e. The molecule has 3 aromatic rings. The molecule has 0 aliphatic carbocycles. The number of halogens is 1. The van der Waals surface area contributed by atoms with Gasteiger partial charge in [0.2, 0.25) is 0 Å². The maximum atomic E-state index is 10.5. The van der Waals surface area contributed by atoms with Crippen molar-refractivity contribution in [3.8, 4) is 0 Å². The first-order chi connectivity index (χ1) is 10.3. The maximum Gasteiger partial charge on any atom is 0.0889 e. The van der Waals surface area contributed by atoms with E-state index >= 15 is 0 Å². The molecule has 106 valence electrons. The normalized spacial score (nSPS) is 12.5. The quantitative estimate of drug-likeness (QED) is 0.658. The van der Waals surface area contributed by atoms with Gasteiger partial charge in [0.25, 0.3) is 0 Å². The summed E-state index contributed by atoms with van der Waals surface area (Å²) < 4.78 is 0. The molecule has 0 heterocycles. The van der Waals surface area contributed by atoms with Crippen LogP contribution < -0.4 is 0 Å². The average Bonchev–Trinajstić information content (AvgIpc) is 2.53. The monoisotopic (exact) mass is 314 g/mol.